The van der Waals surface area contributed by atoms with Crippen molar-refractivity contribution in [1.29, 1.82) is 0 Å². The highest BCUT2D eigenvalue weighted by Gasteiger charge is 2.29. The summed E-state index contributed by atoms with van der Waals surface area (Å²) in [6.07, 6.45) is 2.15. The van der Waals surface area contributed by atoms with Crippen LogP contribution in [0.15, 0.2) is 22.6 Å². The fourth-order valence-corrected chi connectivity index (χ4v) is 1.73. The van der Waals surface area contributed by atoms with Gasteiger partial charge in [0.2, 0.25) is 5.89 Å². The zero-order valence-electron chi connectivity index (χ0n) is 10.5. The van der Waals surface area contributed by atoms with Crippen LogP contribution in [0.4, 0.5) is 11.7 Å². The van der Waals surface area contributed by atoms with E-state index in [2.05, 4.69) is 15.5 Å². The summed E-state index contributed by atoms with van der Waals surface area (Å²) in [6, 6.07) is 5.27. The lowest BCUT2D eigenvalue weighted by atomic mass is 10.1. The number of nitrogens with two attached hydrogens (primary N) is 1. The summed E-state index contributed by atoms with van der Waals surface area (Å²) in [4.78, 5) is 12.0. The number of nitrogen functional groups attached to an aromatic ring is 1. The Kier molecular flexibility index (Phi) is 2.70. The molecule has 3 rings (SSSR count). The van der Waals surface area contributed by atoms with Crippen LogP contribution >= 0.6 is 0 Å². The summed E-state index contributed by atoms with van der Waals surface area (Å²) in [5.74, 6) is 0.657. The van der Waals surface area contributed by atoms with Gasteiger partial charge in [0.15, 0.2) is 0 Å². The Morgan fingerprint density at radius 1 is 1.42 bits per heavy atom. The van der Waals surface area contributed by atoms with E-state index in [1.807, 2.05) is 6.92 Å². The fourth-order valence-electron chi connectivity index (χ4n) is 1.73. The highest BCUT2D eigenvalue weighted by molar-refractivity contribution is 6.03. The smallest absolute Gasteiger partial charge is 0.322 e. The molecule has 1 aromatic heterocycles. The molecule has 0 atom stereocenters. The minimum absolute atomic E-state index is 0.131. The zero-order chi connectivity index (χ0) is 13.4. The Bertz CT molecular complexity index is 631. The van der Waals surface area contributed by atoms with Gasteiger partial charge in [-0.2, -0.15) is 0 Å². The molecule has 19 heavy (non-hydrogen) atoms. The Morgan fingerprint density at radius 3 is 2.89 bits per heavy atom. The molecule has 1 amide bonds. The molecule has 0 bridgehead atoms. The van der Waals surface area contributed by atoms with Crippen LogP contribution in [0.3, 0.4) is 0 Å². The first-order chi connectivity index (χ1) is 9.13. The molecule has 6 nitrogen and oxygen atoms in total. The van der Waals surface area contributed by atoms with E-state index in [9.17, 15) is 4.79 Å². The van der Waals surface area contributed by atoms with Crippen molar-refractivity contribution in [3.63, 3.8) is 0 Å². The van der Waals surface area contributed by atoms with Gasteiger partial charge in [0.25, 0.3) is 5.91 Å². The molecule has 0 aliphatic heterocycles. The van der Waals surface area contributed by atoms with Crippen molar-refractivity contribution in [2.45, 2.75) is 25.7 Å². The number of amides is 1. The number of nitrogens with zero attached hydrogens (tertiary/aromatic N) is 2. The van der Waals surface area contributed by atoms with E-state index in [0.29, 0.717) is 23.1 Å². The van der Waals surface area contributed by atoms with Gasteiger partial charge in [-0.15, -0.1) is 5.10 Å². The van der Waals surface area contributed by atoms with Gasteiger partial charge in [0.1, 0.15) is 0 Å². The molecular weight excluding hydrogens is 244 g/mol. The second-order valence-electron chi connectivity index (χ2n) is 4.75. The molecule has 3 N–H and O–H groups in total. The monoisotopic (exact) mass is 258 g/mol. The molecule has 2 aromatic rings. The van der Waals surface area contributed by atoms with E-state index in [1.54, 1.807) is 18.2 Å². The molecule has 1 aromatic carbocycles. The quantitative estimate of drug-likeness (QED) is 0.822. The molecule has 1 saturated carbocycles. The summed E-state index contributed by atoms with van der Waals surface area (Å²) in [7, 11) is 0. The van der Waals surface area contributed by atoms with Crippen LogP contribution in [0.2, 0.25) is 0 Å². The third kappa shape index (κ3) is 2.42. The number of aryl methyl sites for hydroxylation is 1. The summed E-state index contributed by atoms with van der Waals surface area (Å²) in [5, 5.41) is 10.3. The van der Waals surface area contributed by atoms with Crippen LogP contribution in [-0.2, 0) is 0 Å². The first-order valence-corrected chi connectivity index (χ1v) is 6.14. The molecule has 0 unspecified atom stereocenters. The normalized spacial score (nSPS) is 14.4. The predicted octanol–water partition coefficient (Wildman–Crippen LogP) is 2.09. The predicted molar refractivity (Wildman–Crippen MR) is 69.8 cm³/mol. The van der Waals surface area contributed by atoms with Gasteiger partial charge in [-0.25, -0.2) is 0 Å². The maximum atomic E-state index is 12.0. The molecular formula is C13H14N4O2. The van der Waals surface area contributed by atoms with Gasteiger partial charge in [0.05, 0.1) is 0 Å². The molecule has 1 heterocycles. The summed E-state index contributed by atoms with van der Waals surface area (Å²) >= 11 is 0. The van der Waals surface area contributed by atoms with Crippen molar-refractivity contribution in [2.24, 2.45) is 0 Å². The first kappa shape index (κ1) is 11.7. The van der Waals surface area contributed by atoms with Crippen molar-refractivity contribution >= 4 is 17.6 Å². The Morgan fingerprint density at radius 2 is 2.21 bits per heavy atom. The highest BCUT2D eigenvalue weighted by Crippen LogP contribution is 2.39. The largest absolute Gasteiger partial charge is 0.408 e. The van der Waals surface area contributed by atoms with Gasteiger partial charge in [-0.3, -0.25) is 10.1 Å². The molecule has 98 valence electrons. The van der Waals surface area contributed by atoms with Gasteiger partial charge < -0.3 is 10.2 Å². The lowest BCUT2D eigenvalue weighted by Crippen LogP contribution is -2.12. The van der Waals surface area contributed by atoms with Gasteiger partial charge in [0, 0.05) is 17.2 Å². The number of aromatic nitrogens is 2. The van der Waals surface area contributed by atoms with E-state index in [0.717, 1.165) is 18.4 Å². The lowest BCUT2D eigenvalue weighted by molar-refractivity contribution is 0.102. The standard InChI is InChI=1S/C13H14N4O2/c1-7-2-3-9(6-10(7)14)11(18)15-13-17-16-12(19-13)8-4-5-8/h2-3,6,8H,4-5,14H2,1H3,(H,15,17,18). The van der Waals surface area contributed by atoms with E-state index in [4.69, 9.17) is 10.2 Å². The maximum absolute atomic E-state index is 12.0. The third-order valence-corrected chi connectivity index (χ3v) is 3.13. The van der Waals surface area contributed by atoms with Crippen molar-refractivity contribution in [3.8, 4) is 0 Å². The molecule has 6 heteroatoms. The number of carbonyl (C=O) groups is 1. The molecule has 0 saturated heterocycles. The van der Waals surface area contributed by atoms with Crippen molar-refractivity contribution in [3.05, 3.63) is 35.2 Å². The number of hydrogen-bond acceptors (Lipinski definition) is 5. The Balaban J connectivity index is 1.74. The van der Waals surface area contributed by atoms with Crippen LogP contribution in [-0.4, -0.2) is 16.1 Å². The van der Waals surface area contributed by atoms with Crippen LogP contribution in [0.1, 0.15) is 40.6 Å². The van der Waals surface area contributed by atoms with E-state index in [-0.39, 0.29) is 11.9 Å². The average molecular weight is 258 g/mol. The molecule has 1 aliphatic carbocycles. The number of carbonyl (C=O) groups excluding carboxylic acids is 1. The highest BCUT2D eigenvalue weighted by atomic mass is 16.4. The number of anilines is 2. The Hall–Kier alpha value is -2.37. The van der Waals surface area contributed by atoms with Crippen molar-refractivity contribution < 1.29 is 9.21 Å². The summed E-state index contributed by atoms with van der Waals surface area (Å²) in [6.45, 7) is 1.89. The second-order valence-corrected chi connectivity index (χ2v) is 4.75. The van der Waals surface area contributed by atoms with Crippen molar-refractivity contribution in [1.82, 2.24) is 10.2 Å². The van der Waals surface area contributed by atoms with E-state index in [1.165, 1.54) is 0 Å². The zero-order valence-corrected chi connectivity index (χ0v) is 10.5. The second kappa shape index (κ2) is 4.38. The fraction of sp³-hybridized carbons (Fsp3) is 0.308. The van der Waals surface area contributed by atoms with Crippen LogP contribution in [0, 0.1) is 6.92 Å². The van der Waals surface area contributed by atoms with Gasteiger partial charge in [-0.1, -0.05) is 11.2 Å². The molecule has 1 aliphatic rings. The van der Waals surface area contributed by atoms with Crippen LogP contribution in [0.25, 0.3) is 0 Å². The summed E-state index contributed by atoms with van der Waals surface area (Å²) < 4.78 is 5.37. The van der Waals surface area contributed by atoms with Crippen LogP contribution < -0.4 is 11.1 Å². The number of hydrogen-bond donors (Lipinski definition) is 2. The Labute approximate surface area is 110 Å². The SMILES string of the molecule is Cc1ccc(C(=O)Nc2nnc(C3CC3)o2)cc1N. The van der Waals surface area contributed by atoms with Gasteiger partial charge in [-0.05, 0) is 37.5 Å². The molecule has 0 radical (unpaired) electrons. The maximum Gasteiger partial charge on any atom is 0.322 e. The third-order valence-electron chi connectivity index (χ3n) is 3.13. The number of nitrogens with one attached hydrogen (secondary N) is 1. The molecule has 0 spiro atoms. The first-order valence-electron chi connectivity index (χ1n) is 6.14. The van der Waals surface area contributed by atoms with Crippen LogP contribution in [0.5, 0.6) is 0 Å². The molecule has 1 fully saturated rings. The average Bonchev–Trinajstić information content (AvgIpc) is 3.14. The minimum atomic E-state index is -0.308. The number of benzene rings is 1. The lowest BCUT2D eigenvalue weighted by Gasteiger charge is -2.04. The summed E-state index contributed by atoms with van der Waals surface area (Å²) in [5.41, 5.74) is 7.76. The topological polar surface area (TPSA) is 94.0 Å². The van der Waals surface area contributed by atoms with Gasteiger partial charge >= 0.3 is 6.01 Å². The van der Waals surface area contributed by atoms with E-state index < -0.39 is 0 Å². The van der Waals surface area contributed by atoms with E-state index >= 15 is 0 Å². The van der Waals surface area contributed by atoms with Crippen molar-refractivity contribution in [2.75, 3.05) is 11.1 Å². The number of rotatable bonds is 3. The minimum Gasteiger partial charge on any atom is -0.408 e.